The Labute approximate surface area is 99.1 Å². The topological polar surface area (TPSA) is 0 Å². The summed E-state index contributed by atoms with van der Waals surface area (Å²) in [6, 6.07) is 10.5. The van der Waals surface area contributed by atoms with Crippen LogP contribution in [-0.2, 0) is 0 Å². The van der Waals surface area contributed by atoms with E-state index in [2.05, 4.69) is 65.3 Å². The van der Waals surface area contributed by atoms with Gasteiger partial charge in [0.2, 0.25) is 0 Å². The van der Waals surface area contributed by atoms with Crippen LogP contribution < -0.4 is 0 Å². The molecular formula is C14H13Br. The van der Waals surface area contributed by atoms with Crippen molar-refractivity contribution in [3.63, 3.8) is 0 Å². The van der Waals surface area contributed by atoms with Crippen molar-refractivity contribution in [3.8, 4) is 0 Å². The summed E-state index contributed by atoms with van der Waals surface area (Å²) in [5, 5.41) is 0. The molecule has 76 valence electrons. The molecule has 0 aliphatic heterocycles. The number of hydrogen-bond acceptors (Lipinski definition) is 0. The Kier molecular flexibility index (Phi) is 3.22. The first-order valence-electron chi connectivity index (χ1n) is 5.06. The normalized spacial score (nSPS) is 16.3. The van der Waals surface area contributed by atoms with Crippen molar-refractivity contribution in [3.05, 3.63) is 64.2 Å². The molecule has 1 heteroatoms. The van der Waals surface area contributed by atoms with E-state index < -0.39 is 0 Å². The molecule has 0 amide bonds. The average molecular weight is 261 g/mol. The van der Waals surface area contributed by atoms with Crippen molar-refractivity contribution in [1.82, 2.24) is 0 Å². The molecule has 0 nitrogen and oxygen atoms in total. The molecule has 0 atom stereocenters. The maximum atomic E-state index is 3.51. The molecule has 0 bridgehead atoms. The van der Waals surface area contributed by atoms with Crippen molar-refractivity contribution in [2.75, 3.05) is 0 Å². The zero-order valence-electron chi connectivity index (χ0n) is 8.70. The van der Waals surface area contributed by atoms with E-state index in [4.69, 9.17) is 0 Å². The highest BCUT2D eigenvalue weighted by atomic mass is 79.9. The standard InChI is InChI=1S/C14H13Br/c1-11-7-8-13(15)9-10-14(11)12-5-3-2-4-6-12/h2-6,8-10H,7H2,1H3. The zero-order chi connectivity index (χ0) is 10.7. The SMILES string of the molecule is CC1=C(c2ccccc2)C=CC(Br)=CC1. The number of rotatable bonds is 1. The first kappa shape index (κ1) is 10.4. The predicted molar refractivity (Wildman–Crippen MR) is 69.8 cm³/mol. The molecule has 0 radical (unpaired) electrons. The highest BCUT2D eigenvalue weighted by Crippen LogP contribution is 2.27. The van der Waals surface area contributed by atoms with Crippen LogP contribution in [0.5, 0.6) is 0 Å². The smallest absolute Gasteiger partial charge is 0.0138 e. The van der Waals surface area contributed by atoms with Gasteiger partial charge in [-0.1, -0.05) is 64.0 Å². The minimum absolute atomic E-state index is 1.01. The Balaban J connectivity index is 2.42. The van der Waals surface area contributed by atoms with E-state index in [1.54, 1.807) is 0 Å². The van der Waals surface area contributed by atoms with Crippen molar-refractivity contribution in [1.29, 1.82) is 0 Å². The van der Waals surface area contributed by atoms with Gasteiger partial charge in [0.25, 0.3) is 0 Å². The lowest BCUT2D eigenvalue weighted by molar-refractivity contribution is 1.22. The second-order valence-corrected chi connectivity index (χ2v) is 4.60. The molecule has 15 heavy (non-hydrogen) atoms. The third kappa shape index (κ3) is 2.48. The molecule has 0 fully saturated rings. The lowest BCUT2D eigenvalue weighted by Crippen LogP contribution is -1.84. The summed E-state index contributed by atoms with van der Waals surface area (Å²) < 4.78 is 1.16. The van der Waals surface area contributed by atoms with E-state index >= 15 is 0 Å². The highest BCUT2D eigenvalue weighted by Gasteiger charge is 2.04. The summed E-state index contributed by atoms with van der Waals surface area (Å²) in [4.78, 5) is 0. The van der Waals surface area contributed by atoms with Crippen molar-refractivity contribution >= 4 is 21.5 Å². The number of hydrogen-bond donors (Lipinski definition) is 0. The Morgan fingerprint density at radius 2 is 1.80 bits per heavy atom. The van der Waals surface area contributed by atoms with E-state index in [9.17, 15) is 0 Å². The van der Waals surface area contributed by atoms with E-state index in [1.165, 1.54) is 16.7 Å². The lowest BCUT2D eigenvalue weighted by Gasteiger charge is -2.05. The number of benzene rings is 1. The minimum Gasteiger partial charge on any atom is -0.0662 e. The van der Waals surface area contributed by atoms with Gasteiger partial charge in [-0.3, -0.25) is 0 Å². The molecule has 1 aliphatic carbocycles. The number of halogens is 1. The van der Waals surface area contributed by atoms with Gasteiger partial charge in [-0.25, -0.2) is 0 Å². The Hall–Kier alpha value is -1.08. The molecule has 0 heterocycles. The fourth-order valence-electron chi connectivity index (χ4n) is 1.69. The van der Waals surface area contributed by atoms with Gasteiger partial charge >= 0.3 is 0 Å². The van der Waals surface area contributed by atoms with Gasteiger partial charge in [0.1, 0.15) is 0 Å². The molecule has 1 aromatic carbocycles. The maximum Gasteiger partial charge on any atom is 0.0138 e. The molecule has 0 aromatic heterocycles. The zero-order valence-corrected chi connectivity index (χ0v) is 10.3. The van der Waals surface area contributed by atoms with E-state index in [1.807, 2.05) is 6.07 Å². The first-order valence-corrected chi connectivity index (χ1v) is 5.85. The fraction of sp³-hybridized carbons (Fsp3) is 0.143. The monoisotopic (exact) mass is 260 g/mol. The largest absolute Gasteiger partial charge is 0.0662 e. The maximum absolute atomic E-state index is 3.51. The second-order valence-electron chi connectivity index (χ2n) is 3.69. The summed E-state index contributed by atoms with van der Waals surface area (Å²) in [5.41, 5.74) is 4.04. The van der Waals surface area contributed by atoms with Crippen LogP contribution in [0.15, 0.2) is 58.6 Å². The van der Waals surface area contributed by atoms with Crippen LogP contribution >= 0.6 is 15.9 Å². The van der Waals surface area contributed by atoms with Crippen molar-refractivity contribution in [2.45, 2.75) is 13.3 Å². The molecule has 0 unspecified atom stereocenters. The van der Waals surface area contributed by atoms with Crippen LogP contribution in [0.1, 0.15) is 18.9 Å². The van der Waals surface area contributed by atoms with Gasteiger partial charge < -0.3 is 0 Å². The lowest BCUT2D eigenvalue weighted by atomic mass is 9.99. The Morgan fingerprint density at radius 3 is 2.53 bits per heavy atom. The Morgan fingerprint density at radius 1 is 1.07 bits per heavy atom. The Bertz CT molecular complexity index is 436. The van der Waals surface area contributed by atoms with Crippen LogP contribution in [0.4, 0.5) is 0 Å². The second kappa shape index (κ2) is 4.63. The molecule has 0 N–H and O–H groups in total. The van der Waals surface area contributed by atoms with Crippen LogP contribution in [0.25, 0.3) is 5.57 Å². The van der Waals surface area contributed by atoms with E-state index in [0.29, 0.717) is 0 Å². The van der Waals surface area contributed by atoms with Gasteiger partial charge in [-0.2, -0.15) is 0 Å². The van der Waals surface area contributed by atoms with E-state index in [0.717, 1.165) is 10.9 Å². The third-order valence-corrected chi connectivity index (χ3v) is 3.15. The highest BCUT2D eigenvalue weighted by molar-refractivity contribution is 9.11. The van der Waals surface area contributed by atoms with Gasteiger partial charge in [-0.15, -0.1) is 0 Å². The van der Waals surface area contributed by atoms with Crippen LogP contribution in [0, 0.1) is 0 Å². The van der Waals surface area contributed by atoms with Gasteiger partial charge in [0, 0.05) is 4.48 Å². The summed E-state index contributed by atoms with van der Waals surface area (Å²) in [5.74, 6) is 0. The molecule has 1 aliphatic rings. The van der Waals surface area contributed by atoms with Gasteiger partial charge in [0.05, 0.1) is 0 Å². The van der Waals surface area contributed by atoms with Crippen molar-refractivity contribution in [2.24, 2.45) is 0 Å². The van der Waals surface area contributed by atoms with Crippen LogP contribution in [0.3, 0.4) is 0 Å². The number of allylic oxidation sites excluding steroid dienone is 6. The molecule has 0 spiro atoms. The molecule has 0 saturated heterocycles. The van der Waals surface area contributed by atoms with Crippen LogP contribution in [0.2, 0.25) is 0 Å². The molecule has 0 saturated carbocycles. The summed E-state index contributed by atoms with van der Waals surface area (Å²) in [6.07, 6.45) is 7.50. The van der Waals surface area contributed by atoms with Crippen LogP contribution in [-0.4, -0.2) is 0 Å². The average Bonchev–Trinajstić information content (AvgIpc) is 2.43. The van der Waals surface area contributed by atoms with Crippen molar-refractivity contribution < 1.29 is 0 Å². The van der Waals surface area contributed by atoms with Gasteiger partial charge in [0.15, 0.2) is 0 Å². The fourth-order valence-corrected chi connectivity index (χ4v) is 1.99. The minimum atomic E-state index is 1.01. The van der Waals surface area contributed by atoms with Gasteiger partial charge in [-0.05, 0) is 30.6 Å². The predicted octanol–water partition coefficient (Wildman–Crippen LogP) is 4.70. The summed E-state index contributed by atoms with van der Waals surface area (Å²) in [6.45, 7) is 2.19. The summed E-state index contributed by atoms with van der Waals surface area (Å²) in [7, 11) is 0. The summed E-state index contributed by atoms with van der Waals surface area (Å²) >= 11 is 3.51. The molecule has 1 aromatic rings. The first-order chi connectivity index (χ1) is 7.27. The van der Waals surface area contributed by atoms with E-state index in [-0.39, 0.29) is 0 Å². The molecular weight excluding hydrogens is 248 g/mol. The molecule has 2 rings (SSSR count). The quantitative estimate of drug-likeness (QED) is 0.687. The third-order valence-electron chi connectivity index (χ3n) is 2.56.